The number of carbonyl (C=O) groups excluding carboxylic acids is 2. The van der Waals surface area contributed by atoms with Crippen molar-refractivity contribution in [3.05, 3.63) is 77.1 Å². The molecule has 1 aromatic heterocycles. The molecule has 206 valence electrons. The first-order valence-electron chi connectivity index (χ1n) is 13.0. The van der Waals surface area contributed by atoms with Crippen LogP contribution in [-0.2, 0) is 31.9 Å². The Kier molecular flexibility index (Phi) is 8.30. The number of ether oxygens (including phenoxy) is 2. The Balaban J connectivity index is 1.51. The highest BCUT2D eigenvalue weighted by molar-refractivity contribution is 6.62. The normalized spacial score (nSPS) is 15.8. The van der Waals surface area contributed by atoms with Crippen molar-refractivity contribution in [1.29, 1.82) is 0 Å². The second kappa shape index (κ2) is 11.3. The van der Waals surface area contributed by atoms with E-state index in [4.69, 9.17) is 18.8 Å². The number of methoxy groups -OCH3 is 1. The molecule has 1 saturated heterocycles. The monoisotopic (exact) mass is 533 g/mol. The van der Waals surface area contributed by atoms with Crippen molar-refractivity contribution in [2.24, 2.45) is 0 Å². The van der Waals surface area contributed by atoms with Crippen molar-refractivity contribution in [2.75, 3.05) is 25.7 Å². The summed E-state index contributed by atoms with van der Waals surface area (Å²) in [5.74, 6) is -0.925. The zero-order valence-corrected chi connectivity index (χ0v) is 23.7. The maximum absolute atomic E-state index is 13.6. The van der Waals surface area contributed by atoms with Crippen LogP contribution in [0.5, 0.6) is 0 Å². The van der Waals surface area contributed by atoms with Gasteiger partial charge in [0.2, 0.25) is 0 Å². The minimum Gasteiger partial charge on any atom is -0.464 e. The topological polar surface area (TPSA) is 92.1 Å². The van der Waals surface area contributed by atoms with E-state index < -0.39 is 24.3 Å². The van der Waals surface area contributed by atoms with Crippen LogP contribution in [0, 0.1) is 6.92 Å². The van der Waals surface area contributed by atoms with Gasteiger partial charge in [-0.05, 0) is 57.3 Å². The fourth-order valence-electron chi connectivity index (χ4n) is 4.34. The molecule has 1 aliphatic heterocycles. The Hall–Kier alpha value is -3.47. The minimum absolute atomic E-state index is 0.0603. The summed E-state index contributed by atoms with van der Waals surface area (Å²) >= 11 is 0. The van der Waals surface area contributed by atoms with Crippen molar-refractivity contribution >= 4 is 30.1 Å². The van der Waals surface area contributed by atoms with E-state index in [-0.39, 0.29) is 17.3 Å². The van der Waals surface area contributed by atoms with E-state index in [1.807, 2.05) is 83.1 Å². The molecule has 0 bridgehead atoms. The van der Waals surface area contributed by atoms with E-state index >= 15 is 0 Å². The second-order valence-electron chi connectivity index (χ2n) is 10.7. The van der Waals surface area contributed by atoms with Crippen molar-refractivity contribution < 1.29 is 28.4 Å². The van der Waals surface area contributed by atoms with Crippen LogP contribution in [0.1, 0.15) is 59.8 Å². The van der Waals surface area contributed by atoms with Gasteiger partial charge < -0.3 is 23.7 Å². The SMILES string of the molecule is COC(=O)c1cc(C(=O)N(C)c2ccc(B3OC(C)(C)C(C)(C)O3)cc2C)n(CCOCc2ccccc2)n1. The van der Waals surface area contributed by atoms with Crippen LogP contribution in [0.4, 0.5) is 5.69 Å². The molecular formula is C29H36BN3O6. The van der Waals surface area contributed by atoms with E-state index in [0.717, 1.165) is 16.6 Å². The van der Waals surface area contributed by atoms with E-state index in [0.29, 0.717) is 25.4 Å². The Morgan fingerprint density at radius 1 is 1.03 bits per heavy atom. The number of aromatic nitrogens is 2. The number of anilines is 1. The number of carbonyl (C=O) groups is 2. The molecule has 10 heteroatoms. The molecule has 39 heavy (non-hydrogen) atoms. The molecule has 1 amide bonds. The number of rotatable bonds is 9. The Morgan fingerprint density at radius 2 is 1.69 bits per heavy atom. The van der Waals surface area contributed by atoms with Gasteiger partial charge in [0.15, 0.2) is 5.69 Å². The van der Waals surface area contributed by atoms with Gasteiger partial charge in [-0.1, -0.05) is 42.5 Å². The van der Waals surface area contributed by atoms with Gasteiger partial charge in [0.25, 0.3) is 5.91 Å². The molecule has 0 unspecified atom stereocenters. The third kappa shape index (κ3) is 6.08. The van der Waals surface area contributed by atoms with Crippen LogP contribution in [-0.4, -0.2) is 60.7 Å². The van der Waals surface area contributed by atoms with E-state index in [1.54, 1.807) is 11.9 Å². The standard InChI is InChI=1S/C29H36BN3O6/c1-20-17-22(30-38-28(2,3)29(4,5)39-30)13-14-24(20)32(6)26(34)25-18-23(27(35)36-7)31-33(25)15-16-37-19-21-11-9-8-10-12-21/h8-14,17-18H,15-16,19H2,1-7H3. The van der Waals surface area contributed by atoms with Gasteiger partial charge in [-0.15, -0.1) is 0 Å². The highest BCUT2D eigenvalue weighted by Crippen LogP contribution is 2.36. The molecule has 0 atom stereocenters. The highest BCUT2D eigenvalue weighted by atomic mass is 16.7. The lowest BCUT2D eigenvalue weighted by atomic mass is 9.78. The van der Waals surface area contributed by atoms with Gasteiger partial charge in [0.05, 0.1) is 38.1 Å². The van der Waals surface area contributed by atoms with Gasteiger partial charge in [-0.25, -0.2) is 4.79 Å². The fourth-order valence-corrected chi connectivity index (χ4v) is 4.34. The third-order valence-electron chi connectivity index (χ3n) is 7.36. The van der Waals surface area contributed by atoms with Crippen LogP contribution in [0.2, 0.25) is 0 Å². The van der Waals surface area contributed by atoms with Gasteiger partial charge in [0.1, 0.15) is 5.69 Å². The number of esters is 1. The summed E-state index contributed by atoms with van der Waals surface area (Å²) < 4.78 is 24.5. The molecule has 1 fully saturated rings. The van der Waals surface area contributed by atoms with Crippen LogP contribution in [0.15, 0.2) is 54.6 Å². The maximum Gasteiger partial charge on any atom is 0.494 e. The summed E-state index contributed by atoms with van der Waals surface area (Å²) in [5.41, 5.74) is 2.94. The van der Waals surface area contributed by atoms with E-state index in [2.05, 4.69) is 5.10 Å². The smallest absolute Gasteiger partial charge is 0.464 e. The molecule has 3 aromatic rings. The number of aryl methyl sites for hydroxylation is 1. The van der Waals surface area contributed by atoms with E-state index in [1.165, 1.54) is 17.9 Å². The minimum atomic E-state index is -0.612. The number of hydrogen-bond acceptors (Lipinski definition) is 7. The lowest BCUT2D eigenvalue weighted by Gasteiger charge is -2.32. The van der Waals surface area contributed by atoms with Crippen LogP contribution >= 0.6 is 0 Å². The lowest BCUT2D eigenvalue weighted by Crippen LogP contribution is -2.41. The predicted molar refractivity (Wildman–Crippen MR) is 149 cm³/mol. The third-order valence-corrected chi connectivity index (χ3v) is 7.36. The summed E-state index contributed by atoms with van der Waals surface area (Å²) in [7, 11) is 2.48. The average molecular weight is 533 g/mol. The molecule has 0 N–H and O–H groups in total. The summed E-state index contributed by atoms with van der Waals surface area (Å²) in [6, 6.07) is 17.0. The van der Waals surface area contributed by atoms with Gasteiger partial charge in [-0.3, -0.25) is 9.48 Å². The van der Waals surface area contributed by atoms with Crippen molar-refractivity contribution in [2.45, 2.75) is 59.0 Å². The summed E-state index contributed by atoms with van der Waals surface area (Å²) in [5, 5.41) is 4.32. The molecule has 0 aliphatic carbocycles. The maximum atomic E-state index is 13.6. The first-order valence-corrected chi connectivity index (χ1v) is 13.0. The van der Waals surface area contributed by atoms with Crippen molar-refractivity contribution in [3.63, 3.8) is 0 Å². The molecule has 2 aromatic carbocycles. The quantitative estimate of drug-likeness (QED) is 0.235. The molecule has 9 nitrogen and oxygen atoms in total. The Morgan fingerprint density at radius 3 is 2.31 bits per heavy atom. The highest BCUT2D eigenvalue weighted by Gasteiger charge is 2.51. The molecule has 1 aliphatic rings. The van der Waals surface area contributed by atoms with Gasteiger partial charge in [0, 0.05) is 18.8 Å². The molecule has 0 radical (unpaired) electrons. The second-order valence-corrected chi connectivity index (χ2v) is 10.7. The molecule has 0 spiro atoms. The molecule has 4 rings (SSSR count). The summed E-state index contributed by atoms with van der Waals surface area (Å²) in [6.07, 6.45) is 0. The zero-order valence-electron chi connectivity index (χ0n) is 23.7. The Labute approximate surface area is 230 Å². The molecule has 0 saturated carbocycles. The number of hydrogen-bond donors (Lipinski definition) is 0. The van der Waals surface area contributed by atoms with Crippen LogP contribution < -0.4 is 10.4 Å². The van der Waals surface area contributed by atoms with Gasteiger partial charge in [-0.2, -0.15) is 5.10 Å². The first-order chi connectivity index (χ1) is 18.4. The lowest BCUT2D eigenvalue weighted by molar-refractivity contribution is 0.00578. The van der Waals surface area contributed by atoms with Gasteiger partial charge >= 0.3 is 13.1 Å². The fraction of sp³-hybridized carbons (Fsp3) is 0.414. The zero-order chi connectivity index (χ0) is 28.4. The largest absolute Gasteiger partial charge is 0.494 e. The van der Waals surface area contributed by atoms with E-state index in [9.17, 15) is 9.59 Å². The number of amides is 1. The predicted octanol–water partition coefficient (Wildman–Crippen LogP) is 3.77. The molecule has 2 heterocycles. The summed E-state index contributed by atoms with van der Waals surface area (Å²) in [4.78, 5) is 27.4. The number of nitrogens with zero attached hydrogens (tertiary/aromatic N) is 3. The molecular weight excluding hydrogens is 497 g/mol. The number of benzene rings is 2. The first kappa shape index (κ1) is 28.5. The van der Waals surface area contributed by atoms with Crippen LogP contribution in [0.3, 0.4) is 0 Å². The van der Waals surface area contributed by atoms with Crippen molar-refractivity contribution in [3.8, 4) is 0 Å². The summed E-state index contributed by atoms with van der Waals surface area (Å²) in [6.45, 7) is 11.0. The average Bonchev–Trinajstić information content (AvgIpc) is 3.43. The Bertz CT molecular complexity index is 1320. The van der Waals surface area contributed by atoms with Crippen molar-refractivity contribution in [1.82, 2.24) is 9.78 Å². The van der Waals surface area contributed by atoms with Crippen LogP contribution in [0.25, 0.3) is 0 Å².